The van der Waals surface area contributed by atoms with E-state index in [0.29, 0.717) is 0 Å². The van der Waals surface area contributed by atoms with Crippen molar-refractivity contribution in [3.05, 3.63) is 16.0 Å². The minimum absolute atomic E-state index is 1.17. The van der Waals surface area contributed by atoms with Gasteiger partial charge in [0.1, 0.15) is 0 Å². The molecule has 0 spiro atoms. The summed E-state index contributed by atoms with van der Waals surface area (Å²) in [6.07, 6.45) is 0. The molecule has 0 aromatic carbocycles. The van der Waals surface area contributed by atoms with E-state index < -0.39 is 0 Å². The lowest BCUT2D eigenvalue weighted by molar-refractivity contribution is 0.607. The molecule has 1 atom stereocenters. The molecular formula is H2N3OP. The van der Waals surface area contributed by atoms with Crippen molar-refractivity contribution in [1.29, 1.82) is 0 Å². The van der Waals surface area contributed by atoms with Crippen LogP contribution in [0.15, 0.2) is 0 Å². The van der Waals surface area contributed by atoms with Gasteiger partial charge < -0.3 is 11.1 Å². The molecule has 28 valence electrons. The van der Waals surface area contributed by atoms with Crippen molar-refractivity contribution in [3.8, 4) is 0 Å². The molecule has 0 aromatic rings. The number of hydrogen-bond donors (Lipinski definition) is 0. The maximum Gasteiger partial charge on any atom is 0.310 e. The molecule has 0 fully saturated rings. The van der Waals surface area contributed by atoms with Crippen molar-refractivity contribution < 1.29 is 4.57 Å². The highest BCUT2D eigenvalue weighted by Crippen LogP contribution is 1.29. The van der Waals surface area contributed by atoms with E-state index in [4.69, 9.17) is 15.6 Å². The van der Waals surface area contributed by atoms with Gasteiger partial charge in [0.05, 0.1) is 0 Å². The molecule has 0 heterocycles. The summed E-state index contributed by atoms with van der Waals surface area (Å²) in [6.45, 7) is 0. The first-order valence-electron chi connectivity index (χ1n) is 0.636. The van der Waals surface area contributed by atoms with E-state index in [1.165, 1.54) is 14.0 Å². The minimum atomic E-state index is 1.17. The molecule has 0 N–H and O–H groups in total. The Morgan fingerprint density at radius 1 is 1.40 bits per heavy atom. The SMILES string of the molecule is O=[PH2+].[N-]=[N+]=[N-]. The van der Waals surface area contributed by atoms with Crippen LogP contribution in [-0.2, 0) is 4.57 Å². The largest absolute Gasteiger partial charge is 0.373 e. The van der Waals surface area contributed by atoms with Crippen LogP contribution in [0.25, 0.3) is 16.0 Å². The Morgan fingerprint density at radius 3 is 1.40 bits per heavy atom. The van der Waals surface area contributed by atoms with E-state index in [9.17, 15) is 0 Å². The molecule has 0 saturated heterocycles. The molecule has 0 radical (unpaired) electrons. The van der Waals surface area contributed by atoms with Gasteiger partial charge in [-0.05, 0) is 0 Å². The van der Waals surface area contributed by atoms with Crippen LogP contribution in [0.3, 0.4) is 0 Å². The summed E-state index contributed by atoms with van der Waals surface area (Å²) >= 11 is 0. The summed E-state index contributed by atoms with van der Waals surface area (Å²) in [5, 5.41) is 0. The third-order valence-electron chi connectivity index (χ3n) is 0. The van der Waals surface area contributed by atoms with Crippen molar-refractivity contribution in [3.63, 3.8) is 0 Å². The summed E-state index contributed by atoms with van der Waals surface area (Å²) in [5.41, 5.74) is 13.5. The third-order valence-corrected chi connectivity index (χ3v) is 0. The van der Waals surface area contributed by atoms with E-state index in [2.05, 4.69) is 0 Å². The molecule has 0 aliphatic rings. The highest BCUT2D eigenvalue weighted by molar-refractivity contribution is 7.00. The summed E-state index contributed by atoms with van der Waals surface area (Å²) in [7, 11) is 1.17. The van der Waals surface area contributed by atoms with Crippen LogP contribution in [0.4, 0.5) is 0 Å². The summed E-state index contributed by atoms with van der Waals surface area (Å²) < 4.78 is 8.17. The van der Waals surface area contributed by atoms with E-state index in [1.807, 2.05) is 0 Å². The molecule has 0 aliphatic carbocycles. The second-order valence-electron chi connectivity index (χ2n) is 0.0894. The van der Waals surface area contributed by atoms with Gasteiger partial charge in [0.15, 0.2) is 0 Å². The Hall–Kier alpha value is -0.590. The highest BCUT2D eigenvalue weighted by atomic mass is 31.0. The van der Waals surface area contributed by atoms with Crippen LogP contribution in [0, 0.1) is 0 Å². The molecule has 0 amide bonds. The molecule has 0 bridgehead atoms. The topological polar surface area (TPSA) is 75.8 Å². The van der Waals surface area contributed by atoms with Crippen molar-refractivity contribution in [1.82, 2.24) is 0 Å². The van der Waals surface area contributed by atoms with Gasteiger partial charge >= 0.3 is 9.12 Å². The molecule has 4 nitrogen and oxygen atoms in total. The van der Waals surface area contributed by atoms with Gasteiger partial charge in [0, 0.05) is 0 Å². The third kappa shape index (κ3) is 19.5. The smallest absolute Gasteiger partial charge is 0.310 e. The fraction of sp³-hybridized carbons (Fsp3) is 0. The van der Waals surface area contributed by atoms with E-state index in [0.717, 1.165) is 0 Å². The molecule has 0 saturated carbocycles. The second kappa shape index (κ2) is 118. The van der Waals surface area contributed by atoms with Crippen molar-refractivity contribution in [2.75, 3.05) is 0 Å². The van der Waals surface area contributed by atoms with Crippen LogP contribution >= 0.6 is 9.12 Å². The van der Waals surface area contributed by atoms with Gasteiger partial charge in [0.25, 0.3) is 0 Å². The minimum Gasteiger partial charge on any atom is -0.373 e. The van der Waals surface area contributed by atoms with Crippen molar-refractivity contribution in [2.24, 2.45) is 0 Å². The van der Waals surface area contributed by atoms with Crippen LogP contribution in [0.5, 0.6) is 0 Å². The molecule has 0 aliphatic heterocycles. The van der Waals surface area contributed by atoms with Crippen LogP contribution < -0.4 is 0 Å². The number of nitrogens with zero attached hydrogens (tertiary/aromatic N) is 3. The first-order chi connectivity index (χ1) is 2.41. The van der Waals surface area contributed by atoms with Crippen LogP contribution in [0.1, 0.15) is 0 Å². The monoisotopic (exact) mass is 91.0 g/mol. The lowest BCUT2D eigenvalue weighted by atomic mass is 13.0. The van der Waals surface area contributed by atoms with Gasteiger partial charge in [-0.3, -0.25) is 4.91 Å². The predicted molar refractivity (Wildman–Crippen MR) is 20.5 cm³/mol. The fourth-order valence-corrected chi connectivity index (χ4v) is 0. The molecule has 5 heteroatoms. The average Bonchev–Trinajstić information content (AvgIpc) is 1.46. The Labute approximate surface area is 30.8 Å². The molecule has 1 unspecified atom stereocenters. The van der Waals surface area contributed by atoms with Gasteiger partial charge in [-0.15, -0.1) is 0 Å². The quantitative estimate of drug-likeness (QED) is 0.190. The molecule has 0 aromatic heterocycles. The Balaban J connectivity index is 0. The van der Waals surface area contributed by atoms with Crippen LogP contribution in [0.2, 0.25) is 0 Å². The number of rotatable bonds is 0. The van der Waals surface area contributed by atoms with E-state index in [-0.39, 0.29) is 0 Å². The molecule has 0 rings (SSSR count). The lowest BCUT2D eigenvalue weighted by Gasteiger charge is -1.31. The standard InChI is InChI=1S/N3.H2OP/c1-3-2;1-2/h;2H2/q-1;+1. The Bertz CT molecular complexity index is 36.2. The summed E-state index contributed by atoms with van der Waals surface area (Å²) in [6, 6.07) is 0. The summed E-state index contributed by atoms with van der Waals surface area (Å²) in [5.74, 6) is 0. The summed E-state index contributed by atoms with van der Waals surface area (Å²) in [4.78, 5) is 1.50. The zero-order chi connectivity index (χ0) is 4.71. The van der Waals surface area contributed by atoms with Gasteiger partial charge in [-0.2, -0.15) is 0 Å². The first kappa shape index (κ1) is 8.83. The lowest BCUT2D eigenvalue weighted by Crippen LogP contribution is -0.711. The highest BCUT2D eigenvalue weighted by Gasteiger charge is 0.849. The average molecular weight is 91.0 g/mol. The van der Waals surface area contributed by atoms with Gasteiger partial charge in [-0.25, -0.2) is 0 Å². The normalized spacial score (nSPS) is 2.40. The van der Waals surface area contributed by atoms with E-state index in [1.54, 1.807) is 0 Å². The maximum absolute atomic E-state index is 8.17. The zero-order valence-corrected chi connectivity index (χ0v) is 3.48. The molecule has 5 heavy (non-hydrogen) atoms. The Morgan fingerprint density at radius 2 is 1.40 bits per heavy atom. The predicted octanol–water partition coefficient (Wildman–Crippen LogP) is 1.07. The second-order valence-corrected chi connectivity index (χ2v) is 0.0894. The molecular weight excluding hydrogens is 89.0 g/mol. The zero-order valence-electron chi connectivity index (χ0n) is 2.33. The Kier molecular flexibility index (Phi) is 208. The fourth-order valence-electron chi connectivity index (χ4n) is 0. The van der Waals surface area contributed by atoms with Crippen molar-refractivity contribution >= 4 is 9.12 Å². The first-order valence-corrected chi connectivity index (χ1v) is 1.11. The van der Waals surface area contributed by atoms with Crippen LogP contribution in [-0.4, -0.2) is 0 Å². The van der Waals surface area contributed by atoms with Gasteiger partial charge in [-0.1, -0.05) is 4.57 Å². The maximum atomic E-state index is 8.17. The van der Waals surface area contributed by atoms with E-state index >= 15 is 0 Å². The van der Waals surface area contributed by atoms with Gasteiger partial charge in [0.2, 0.25) is 0 Å². The number of hydrogen-bond acceptors (Lipinski definition) is 1. The van der Waals surface area contributed by atoms with Crippen molar-refractivity contribution in [2.45, 2.75) is 0 Å².